The molecule has 8 nitrogen and oxygen atoms in total. The van der Waals surface area contributed by atoms with E-state index in [2.05, 4.69) is 37.0 Å². The van der Waals surface area contributed by atoms with E-state index < -0.39 is 17.5 Å². The van der Waals surface area contributed by atoms with E-state index in [1.807, 2.05) is 26.8 Å². The molecule has 0 aliphatic rings. The van der Waals surface area contributed by atoms with Crippen LogP contribution in [0.15, 0.2) is 49.2 Å². The van der Waals surface area contributed by atoms with E-state index in [1.54, 1.807) is 24.3 Å². The molecule has 0 aliphatic heterocycles. The molecule has 0 aliphatic carbocycles. The first-order valence-electron chi connectivity index (χ1n) is 9.96. The Bertz CT molecular complexity index is 1310. The van der Waals surface area contributed by atoms with Crippen LogP contribution in [0.4, 0.5) is 0 Å². The standard InChI is InChI=1S/C23H23Br2N3O5/c1-12(21(30)31)33-19-13(8-15(25)10-18(19)32-5)11-26-28-20(29)16-9-14(24)6-7-17(16)27-22(28)23(2,3)4/h6-12H,1-5H3,(H,30,31)/t12-/m1/s1. The molecule has 1 heterocycles. The molecule has 2 aromatic carbocycles. The summed E-state index contributed by atoms with van der Waals surface area (Å²) in [5, 5.41) is 14.1. The lowest BCUT2D eigenvalue weighted by Crippen LogP contribution is -2.29. The largest absolute Gasteiger partial charge is 0.493 e. The topological polar surface area (TPSA) is 103 Å². The molecule has 0 unspecified atom stereocenters. The maximum absolute atomic E-state index is 13.4. The fourth-order valence-electron chi connectivity index (χ4n) is 3.05. The SMILES string of the molecule is COc1cc(Br)cc(C=Nn2c(C(C)(C)C)nc3ccc(Br)cc3c2=O)c1O[C@H](C)C(=O)O. The summed E-state index contributed by atoms with van der Waals surface area (Å²) in [4.78, 5) is 29.4. The number of carboxylic acids is 1. The van der Waals surface area contributed by atoms with Gasteiger partial charge in [0.05, 0.1) is 24.2 Å². The van der Waals surface area contributed by atoms with Crippen molar-refractivity contribution in [1.82, 2.24) is 9.66 Å². The second kappa shape index (κ2) is 9.64. The van der Waals surface area contributed by atoms with Crippen molar-refractivity contribution in [3.05, 3.63) is 61.0 Å². The molecular formula is C23H23Br2N3O5. The van der Waals surface area contributed by atoms with Gasteiger partial charge in [0.2, 0.25) is 0 Å². The van der Waals surface area contributed by atoms with Crippen LogP contribution in [0.1, 0.15) is 39.1 Å². The molecule has 1 atom stereocenters. The Morgan fingerprint density at radius 1 is 1.21 bits per heavy atom. The fourth-order valence-corrected chi connectivity index (χ4v) is 3.87. The average Bonchev–Trinajstić information content (AvgIpc) is 2.73. The molecule has 0 saturated carbocycles. The number of fused-ring (bicyclic) bond motifs is 1. The Hall–Kier alpha value is -2.72. The number of nitrogens with zero attached hydrogens (tertiary/aromatic N) is 3. The second-order valence-electron chi connectivity index (χ2n) is 8.33. The molecule has 0 saturated heterocycles. The predicted octanol–water partition coefficient (Wildman–Crippen LogP) is 4.96. The fraction of sp³-hybridized carbons (Fsp3) is 0.304. The molecule has 0 amide bonds. The Labute approximate surface area is 207 Å². The van der Waals surface area contributed by atoms with E-state index in [0.717, 1.165) is 4.47 Å². The van der Waals surface area contributed by atoms with Crippen LogP contribution < -0.4 is 15.0 Å². The van der Waals surface area contributed by atoms with Crippen molar-refractivity contribution in [2.45, 2.75) is 39.2 Å². The molecule has 10 heteroatoms. The van der Waals surface area contributed by atoms with Crippen molar-refractivity contribution in [2.24, 2.45) is 5.10 Å². The van der Waals surface area contributed by atoms with E-state index in [1.165, 1.54) is 24.9 Å². The number of methoxy groups -OCH3 is 1. The molecule has 174 valence electrons. The molecule has 1 N–H and O–H groups in total. The summed E-state index contributed by atoms with van der Waals surface area (Å²) in [5.41, 5.74) is 0.188. The lowest BCUT2D eigenvalue weighted by atomic mass is 9.95. The predicted molar refractivity (Wildman–Crippen MR) is 134 cm³/mol. The maximum atomic E-state index is 13.4. The van der Waals surface area contributed by atoms with Crippen LogP contribution in [-0.2, 0) is 10.2 Å². The van der Waals surface area contributed by atoms with Gasteiger partial charge in [0, 0.05) is 19.9 Å². The highest BCUT2D eigenvalue weighted by Crippen LogP contribution is 2.35. The molecule has 33 heavy (non-hydrogen) atoms. The third kappa shape index (κ3) is 5.44. The Kier molecular flexibility index (Phi) is 7.28. The van der Waals surface area contributed by atoms with Crippen LogP contribution in [0, 0.1) is 0 Å². The van der Waals surface area contributed by atoms with E-state index in [9.17, 15) is 14.7 Å². The van der Waals surface area contributed by atoms with Gasteiger partial charge < -0.3 is 14.6 Å². The zero-order valence-corrected chi connectivity index (χ0v) is 21.9. The number of rotatable bonds is 6. The first kappa shape index (κ1) is 24.9. The Morgan fingerprint density at radius 3 is 2.52 bits per heavy atom. The van der Waals surface area contributed by atoms with Gasteiger partial charge in [-0.25, -0.2) is 9.78 Å². The Balaban J connectivity index is 2.24. The molecule has 0 spiro atoms. The molecule has 3 rings (SSSR count). The average molecular weight is 581 g/mol. The van der Waals surface area contributed by atoms with Crippen LogP contribution in [0.25, 0.3) is 10.9 Å². The highest BCUT2D eigenvalue weighted by molar-refractivity contribution is 9.10. The molecule has 0 fully saturated rings. The lowest BCUT2D eigenvalue weighted by molar-refractivity contribution is -0.144. The summed E-state index contributed by atoms with van der Waals surface area (Å²) in [6.07, 6.45) is 0.305. The van der Waals surface area contributed by atoms with Gasteiger partial charge in [-0.3, -0.25) is 4.79 Å². The number of hydrogen-bond acceptors (Lipinski definition) is 6. The van der Waals surface area contributed by atoms with Gasteiger partial charge in [0.25, 0.3) is 5.56 Å². The number of carbonyl (C=O) groups is 1. The van der Waals surface area contributed by atoms with Crippen LogP contribution in [-0.4, -0.2) is 40.2 Å². The van der Waals surface area contributed by atoms with Crippen molar-refractivity contribution >= 4 is 54.9 Å². The number of benzene rings is 2. The van der Waals surface area contributed by atoms with E-state index in [0.29, 0.717) is 32.5 Å². The number of aliphatic carboxylic acids is 1. The first-order valence-corrected chi connectivity index (χ1v) is 11.5. The highest BCUT2D eigenvalue weighted by Gasteiger charge is 2.23. The molecule has 3 aromatic rings. The first-order chi connectivity index (χ1) is 15.4. The number of halogens is 2. The van der Waals surface area contributed by atoms with Crippen molar-refractivity contribution in [2.75, 3.05) is 7.11 Å². The minimum absolute atomic E-state index is 0.196. The summed E-state index contributed by atoms with van der Waals surface area (Å²) < 4.78 is 13.7. The maximum Gasteiger partial charge on any atom is 0.344 e. The van der Waals surface area contributed by atoms with Crippen molar-refractivity contribution in [1.29, 1.82) is 0 Å². The zero-order chi connectivity index (χ0) is 24.5. The molecule has 0 radical (unpaired) electrons. The monoisotopic (exact) mass is 579 g/mol. The van der Waals surface area contributed by atoms with Gasteiger partial charge in [-0.1, -0.05) is 52.6 Å². The normalized spacial score (nSPS) is 12.8. The van der Waals surface area contributed by atoms with E-state index in [-0.39, 0.29) is 11.3 Å². The van der Waals surface area contributed by atoms with Gasteiger partial charge >= 0.3 is 5.97 Å². The third-order valence-corrected chi connectivity index (χ3v) is 5.65. The van der Waals surface area contributed by atoms with Gasteiger partial charge in [-0.15, -0.1) is 0 Å². The van der Waals surface area contributed by atoms with Crippen molar-refractivity contribution in [3.63, 3.8) is 0 Å². The smallest absolute Gasteiger partial charge is 0.344 e. The number of carboxylic acid groups (broad SMARTS) is 1. The minimum atomic E-state index is -1.13. The van der Waals surface area contributed by atoms with E-state index >= 15 is 0 Å². The van der Waals surface area contributed by atoms with Crippen molar-refractivity contribution in [3.8, 4) is 11.5 Å². The summed E-state index contributed by atoms with van der Waals surface area (Å²) in [6.45, 7) is 7.24. The van der Waals surface area contributed by atoms with E-state index in [4.69, 9.17) is 14.5 Å². The van der Waals surface area contributed by atoms with Crippen LogP contribution in [0.2, 0.25) is 0 Å². The van der Waals surface area contributed by atoms with Crippen LogP contribution in [0.5, 0.6) is 11.5 Å². The summed E-state index contributed by atoms with van der Waals surface area (Å²) in [5.74, 6) is -0.135. The van der Waals surface area contributed by atoms with Gasteiger partial charge in [0.1, 0.15) is 5.82 Å². The summed E-state index contributed by atoms with van der Waals surface area (Å²) in [6, 6.07) is 8.67. The molecular weight excluding hydrogens is 558 g/mol. The summed E-state index contributed by atoms with van der Waals surface area (Å²) >= 11 is 6.81. The number of aromatic nitrogens is 2. The number of hydrogen-bond donors (Lipinski definition) is 1. The Morgan fingerprint density at radius 2 is 1.91 bits per heavy atom. The van der Waals surface area contributed by atoms with Gasteiger partial charge in [-0.05, 0) is 37.3 Å². The number of ether oxygens (including phenoxy) is 2. The van der Waals surface area contributed by atoms with Crippen LogP contribution in [0.3, 0.4) is 0 Å². The van der Waals surface area contributed by atoms with Gasteiger partial charge in [0.15, 0.2) is 17.6 Å². The minimum Gasteiger partial charge on any atom is -0.493 e. The molecule has 1 aromatic heterocycles. The third-order valence-electron chi connectivity index (χ3n) is 4.70. The zero-order valence-electron chi connectivity index (χ0n) is 18.7. The molecule has 0 bridgehead atoms. The summed E-state index contributed by atoms with van der Waals surface area (Å²) in [7, 11) is 1.45. The van der Waals surface area contributed by atoms with Crippen LogP contribution >= 0.6 is 31.9 Å². The highest BCUT2D eigenvalue weighted by atomic mass is 79.9. The second-order valence-corrected chi connectivity index (χ2v) is 10.2. The van der Waals surface area contributed by atoms with Gasteiger partial charge in [-0.2, -0.15) is 9.78 Å². The lowest BCUT2D eigenvalue weighted by Gasteiger charge is -2.21. The van der Waals surface area contributed by atoms with Crippen molar-refractivity contribution < 1.29 is 19.4 Å². The quantitative estimate of drug-likeness (QED) is 0.413.